The van der Waals surface area contributed by atoms with Crippen LogP contribution >= 0.6 is 11.6 Å². The molecule has 2 aromatic carbocycles. The molecule has 3 rings (SSSR count). The van der Waals surface area contributed by atoms with Gasteiger partial charge in [0.1, 0.15) is 12.4 Å². The number of aryl methyl sites for hydroxylation is 1. The Morgan fingerprint density at radius 2 is 1.96 bits per heavy atom. The lowest BCUT2D eigenvalue weighted by atomic mass is 10.2. The van der Waals surface area contributed by atoms with Crippen molar-refractivity contribution >= 4 is 28.2 Å². The number of rotatable bonds is 5. The van der Waals surface area contributed by atoms with Crippen molar-refractivity contribution in [2.45, 2.75) is 13.5 Å². The topological polar surface area (TPSA) is 63.8 Å². The van der Waals surface area contributed by atoms with Crippen molar-refractivity contribution < 1.29 is 9.84 Å². The molecule has 0 radical (unpaired) electrons. The fraction of sp³-hybridized carbons (Fsp3) is 0.176. The van der Waals surface area contributed by atoms with Crippen LogP contribution < -0.4 is 4.74 Å². The predicted molar refractivity (Wildman–Crippen MR) is 90.7 cm³/mol. The lowest BCUT2D eigenvalue weighted by molar-refractivity contribution is 0.290. The fourth-order valence-corrected chi connectivity index (χ4v) is 2.79. The molecule has 0 aliphatic heterocycles. The van der Waals surface area contributed by atoms with Gasteiger partial charge in [-0.3, -0.25) is 0 Å². The third kappa shape index (κ3) is 2.87. The molecule has 118 valence electrons. The zero-order chi connectivity index (χ0) is 16.4. The van der Waals surface area contributed by atoms with Gasteiger partial charge in [0.15, 0.2) is 5.69 Å². The van der Waals surface area contributed by atoms with Gasteiger partial charge in [-0.05, 0) is 36.4 Å². The Kier molecular flexibility index (Phi) is 4.21. The normalized spacial score (nSPS) is 10.9. The summed E-state index contributed by atoms with van der Waals surface area (Å²) in [5, 5.41) is 14.0. The van der Waals surface area contributed by atoms with E-state index in [0.717, 1.165) is 11.3 Å². The molecule has 0 aliphatic rings. The monoisotopic (exact) mass is 330 g/mol. The Morgan fingerprint density at radius 1 is 1.22 bits per heavy atom. The first-order valence-electron chi connectivity index (χ1n) is 7.14. The first kappa shape index (κ1) is 15.4. The van der Waals surface area contributed by atoms with Crippen LogP contribution in [-0.2, 0) is 6.54 Å². The Labute approximate surface area is 138 Å². The van der Waals surface area contributed by atoms with Crippen LogP contribution in [0.4, 0.5) is 5.69 Å². The van der Waals surface area contributed by atoms with Gasteiger partial charge in [-0.2, -0.15) is 0 Å². The van der Waals surface area contributed by atoms with Gasteiger partial charge in [-0.15, -0.1) is 4.91 Å². The quantitative estimate of drug-likeness (QED) is 0.684. The summed E-state index contributed by atoms with van der Waals surface area (Å²) in [5.74, 6) is 0.550. The molecule has 0 saturated carbocycles. The first-order chi connectivity index (χ1) is 11.1. The smallest absolute Gasteiger partial charge is 0.222 e. The highest BCUT2D eigenvalue weighted by Gasteiger charge is 2.19. The molecule has 0 amide bonds. The van der Waals surface area contributed by atoms with E-state index in [-0.39, 0.29) is 11.6 Å². The Hall–Kier alpha value is -2.53. The molecule has 0 saturated heterocycles. The number of ether oxygens (including phenoxy) is 1. The highest BCUT2D eigenvalue weighted by Crippen LogP contribution is 2.41. The fourth-order valence-electron chi connectivity index (χ4n) is 2.53. The van der Waals surface area contributed by atoms with Crippen LogP contribution in [0, 0.1) is 11.8 Å². The Bertz CT molecular complexity index is 856. The van der Waals surface area contributed by atoms with Gasteiger partial charge < -0.3 is 14.4 Å². The molecular formula is C17H15ClN2O3. The van der Waals surface area contributed by atoms with Crippen molar-refractivity contribution in [1.29, 1.82) is 0 Å². The van der Waals surface area contributed by atoms with Crippen LogP contribution in [-0.4, -0.2) is 16.3 Å². The highest BCUT2D eigenvalue weighted by atomic mass is 35.5. The Morgan fingerprint density at radius 3 is 2.65 bits per heavy atom. The molecule has 0 bridgehead atoms. The number of nitroso groups, excluding NO2 is 1. The maximum atomic E-state index is 11.0. The number of aromatic hydroxyl groups is 1. The lowest BCUT2D eigenvalue weighted by Gasteiger charge is -2.09. The van der Waals surface area contributed by atoms with Crippen molar-refractivity contribution in [3.63, 3.8) is 0 Å². The number of hydrogen-bond acceptors (Lipinski definition) is 4. The summed E-state index contributed by atoms with van der Waals surface area (Å²) in [4.78, 5) is 11.0. The maximum absolute atomic E-state index is 11.0. The minimum absolute atomic E-state index is 0.0408. The molecule has 0 aliphatic carbocycles. The molecule has 3 aromatic rings. The van der Waals surface area contributed by atoms with E-state index < -0.39 is 0 Å². The molecule has 1 heterocycles. The number of benzene rings is 2. The number of hydrogen-bond donors (Lipinski definition) is 1. The van der Waals surface area contributed by atoms with Gasteiger partial charge in [0.2, 0.25) is 5.88 Å². The summed E-state index contributed by atoms with van der Waals surface area (Å²) in [7, 11) is 0. The van der Waals surface area contributed by atoms with Crippen LogP contribution in [0.1, 0.15) is 5.56 Å². The van der Waals surface area contributed by atoms with Gasteiger partial charge >= 0.3 is 0 Å². The molecule has 0 atom stereocenters. The number of nitrogens with zero attached hydrogens (tertiary/aromatic N) is 2. The van der Waals surface area contributed by atoms with E-state index >= 15 is 0 Å². The summed E-state index contributed by atoms with van der Waals surface area (Å²) >= 11 is 6.12. The summed E-state index contributed by atoms with van der Waals surface area (Å²) in [6.07, 6.45) is 0. The second-order valence-corrected chi connectivity index (χ2v) is 5.62. The molecule has 1 aromatic heterocycles. The highest BCUT2D eigenvalue weighted by molar-refractivity contribution is 6.36. The van der Waals surface area contributed by atoms with Crippen LogP contribution in [0.3, 0.4) is 0 Å². The van der Waals surface area contributed by atoms with E-state index in [9.17, 15) is 10.0 Å². The average Bonchev–Trinajstić information content (AvgIpc) is 2.82. The second kappa shape index (κ2) is 6.30. The van der Waals surface area contributed by atoms with Gasteiger partial charge in [0, 0.05) is 0 Å². The third-order valence-corrected chi connectivity index (χ3v) is 4.00. The molecule has 5 nitrogen and oxygen atoms in total. The second-order valence-electron chi connectivity index (χ2n) is 5.21. The molecule has 0 spiro atoms. The van der Waals surface area contributed by atoms with Crippen molar-refractivity contribution in [2.24, 2.45) is 5.18 Å². The number of halogens is 1. The lowest BCUT2D eigenvalue weighted by Crippen LogP contribution is -2.07. The van der Waals surface area contributed by atoms with Gasteiger partial charge in [0.25, 0.3) is 0 Å². The van der Waals surface area contributed by atoms with Crippen molar-refractivity contribution in [3.05, 3.63) is 58.0 Å². The molecule has 6 heteroatoms. The van der Waals surface area contributed by atoms with Crippen molar-refractivity contribution in [2.75, 3.05) is 6.61 Å². The van der Waals surface area contributed by atoms with Crippen LogP contribution in [0.5, 0.6) is 11.6 Å². The van der Waals surface area contributed by atoms with Crippen LogP contribution in [0.2, 0.25) is 5.02 Å². The van der Waals surface area contributed by atoms with Crippen LogP contribution in [0.25, 0.3) is 10.9 Å². The summed E-state index contributed by atoms with van der Waals surface area (Å²) in [6.45, 7) is 2.71. The number of fused-ring (bicyclic) bond motifs is 1. The van der Waals surface area contributed by atoms with Crippen molar-refractivity contribution in [3.8, 4) is 11.6 Å². The van der Waals surface area contributed by atoms with E-state index in [2.05, 4.69) is 5.18 Å². The molecular weight excluding hydrogens is 316 g/mol. The van der Waals surface area contributed by atoms with E-state index in [4.69, 9.17) is 16.3 Å². The molecule has 1 N–H and O–H groups in total. The minimum Gasteiger partial charge on any atom is -0.493 e. The molecule has 23 heavy (non-hydrogen) atoms. The largest absolute Gasteiger partial charge is 0.493 e. The van der Waals surface area contributed by atoms with E-state index in [0.29, 0.717) is 29.1 Å². The SMILES string of the molecule is Cc1ccc(OCCn2c(O)c(N=O)c3c(Cl)cccc32)cc1. The Balaban J connectivity index is 1.85. The zero-order valence-electron chi connectivity index (χ0n) is 12.5. The molecule has 0 unspecified atom stereocenters. The summed E-state index contributed by atoms with van der Waals surface area (Å²) in [6, 6.07) is 12.9. The maximum Gasteiger partial charge on any atom is 0.222 e. The first-order valence-corrected chi connectivity index (χ1v) is 7.52. The summed E-state index contributed by atoms with van der Waals surface area (Å²) in [5.41, 5.74) is 1.76. The minimum atomic E-state index is -0.199. The van der Waals surface area contributed by atoms with Gasteiger partial charge in [0.05, 0.1) is 22.5 Å². The average molecular weight is 331 g/mol. The van der Waals surface area contributed by atoms with E-state index in [1.807, 2.05) is 31.2 Å². The van der Waals surface area contributed by atoms with Gasteiger partial charge in [-0.1, -0.05) is 35.4 Å². The number of aromatic nitrogens is 1. The zero-order valence-corrected chi connectivity index (χ0v) is 13.2. The predicted octanol–water partition coefficient (Wildman–Crippen LogP) is 4.79. The van der Waals surface area contributed by atoms with Gasteiger partial charge in [-0.25, -0.2) is 0 Å². The third-order valence-electron chi connectivity index (χ3n) is 3.68. The van der Waals surface area contributed by atoms with Crippen molar-refractivity contribution in [1.82, 2.24) is 4.57 Å². The standard InChI is InChI=1S/C17H15ClN2O3/c1-11-5-7-12(8-6-11)23-10-9-20-14-4-2-3-13(18)15(14)16(19-22)17(20)21/h2-8,21H,9-10H2,1H3. The van der Waals surface area contributed by atoms with Crippen LogP contribution in [0.15, 0.2) is 47.6 Å². The van der Waals surface area contributed by atoms with E-state index in [1.165, 1.54) is 0 Å². The summed E-state index contributed by atoms with van der Waals surface area (Å²) < 4.78 is 7.24. The van der Waals surface area contributed by atoms with E-state index in [1.54, 1.807) is 22.8 Å². The molecule has 0 fully saturated rings.